The van der Waals surface area contributed by atoms with E-state index in [-0.39, 0.29) is 41.8 Å². The van der Waals surface area contributed by atoms with Gasteiger partial charge in [0.25, 0.3) is 0 Å². The molecule has 0 heterocycles. The summed E-state index contributed by atoms with van der Waals surface area (Å²) in [5.41, 5.74) is 0.800. The topological polar surface area (TPSA) is 105 Å². The Morgan fingerprint density at radius 3 is 2.59 bits per heavy atom. The zero-order valence-electron chi connectivity index (χ0n) is 16.1. The van der Waals surface area contributed by atoms with Crippen LogP contribution < -0.4 is 14.8 Å². The Kier molecular flexibility index (Phi) is 8.91. The summed E-state index contributed by atoms with van der Waals surface area (Å²) in [6.45, 7) is 2.18. The van der Waals surface area contributed by atoms with Gasteiger partial charge in [0.1, 0.15) is 16.7 Å². The van der Waals surface area contributed by atoms with E-state index >= 15 is 0 Å². The van der Waals surface area contributed by atoms with Gasteiger partial charge in [-0.1, -0.05) is 41.9 Å². The van der Waals surface area contributed by atoms with Crippen molar-refractivity contribution in [2.75, 3.05) is 19.8 Å². The Hall–Kier alpha value is -2.13. The van der Waals surface area contributed by atoms with Crippen molar-refractivity contribution < 1.29 is 23.1 Å². The summed E-state index contributed by atoms with van der Waals surface area (Å²) in [5, 5.41) is 11.8. The van der Waals surface area contributed by atoms with Gasteiger partial charge in [0.2, 0.25) is 15.9 Å². The van der Waals surface area contributed by atoms with E-state index in [1.54, 1.807) is 6.92 Å². The lowest BCUT2D eigenvalue weighted by atomic mass is 10.1. The molecule has 0 aliphatic rings. The lowest BCUT2D eigenvalue weighted by Gasteiger charge is -2.20. The fraction of sp³-hybridized carbons (Fsp3) is 0.350. The van der Waals surface area contributed by atoms with Gasteiger partial charge in [0, 0.05) is 18.2 Å². The van der Waals surface area contributed by atoms with Crippen LogP contribution in [0.3, 0.4) is 0 Å². The van der Waals surface area contributed by atoms with Crippen LogP contribution in [0.15, 0.2) is 53.4 Å². The van der Waals surface area contributed by atoms with E-state index in [1.165, 1.54) is 18.2 Å². The Morgan fingerprint density at radius 1 is 1.21 bits per heavy atom. The van der Waals surface area contributed by atoms with Gasteiger partial charge in [-0.25, -0.2) is 8.42 Å². The van der Waals surface area contributed by atoms with Gasteiger partial charge in [-0.2, -0.15) is 4.72 Å². The highest BCUT2D eigenvalue weighted by molar-refractivity contribution is 7.89. The number of ether oxygens (including phenoxy) is 1. The number of amides is 1. The SMILES string of the molecule is CCOc1ccc(Cl)cc1S(=O)(=O)NC(Cc1ccccc1)C(=O)NCCCO. The minimum Gasteiger partial charge on any atom is -0.492 e. The van der Waals surface area contributed by atoms with Crippen LogP contribution in [0.5, 0.6) is 5.75 Å². The minimum atomic E-state index is -4.10. The van der Waals surface area contributed by atoms with Crippen LogP contribution in [0.25, 0.3) is 0 Å². The summed E-state index contributed by atoms with van der Waals surface area (Å²) in [7, 11) is -4.10. The first-order chi connectivity index (χ1) is 13.9. The van der Waals surface area contributed by atoms with Crippen molar-refractivity contribution in [3.05, 3.63) is 59.1 Å². The second kappa shape index (κ2) is 11.2. The van der Waals surface area contributed by atoms with Gasteiger partial charge < -0.3 is 15.2 Å². The summed E-state index contributed by atoms with van der Waals surface area (Å²) in [5.74, 6) is -0.325. The average Bonchev–Trinajstić information content (AvgIpc) is 2.69. The highest BCUT2D eigenvalue weighted by Crippen LogP contribution is 2.27. The van der Waals surface area contributed by atoms with Crippen molar-refractivity contribution in [3.8, 4) is 5.75 Å². The molecular weight excluding hydrogens is 416 g/mol. The summed E-state index contributed by atoms with van der Waals surface area (Å²) in [4.78, 5) is 12.5. The van der Waals surface area contributed by atoms with Crippen LogP contribution in [-0.4, -0.2) is 45.2 Å². The van der Waals surface area contributed by atoms with Gasteiger partial charge in [0.05, 0.1) is 6.61 Å². The second-order valence-corrected chi connectivity index (χ2v) is 8.37. The highest BCUT2D eigenvalue weighted by Gasteiger charge is 2.28. The molecule has 3 N–H and O–H groups in total. The van der Waals surface area contributed by atoms with E-state index < -0.39 is 22.0 Å². The fourth-order valence-electron chi connectivity index (χ4n) is 2.67. The number of carbonyl (C=O) groups is 1. The lowest BCUT2D eigenvalue weighted by molar-refractivity contribution is -0.122. The van der Waals surface area contributed by atoms with Crippen LogP contribution in [0.2, 0.25) is 5.02 Å². The summed E-state index contributed by atoms with van der Waals surface area (Å²) in [6, 6.07) is 12.4. The van der Waals surface area contributed by atoms with Gasteiger partial charge in [-0.15, -0.1) is 0 Å². The summed E-state index contributed by atoms with van der Waals surface area (Å²) < 4.78 is 34.0. The van der Waals surface area contributed by atoms with E-state index in [2.05, 4.69) is 10.0 Å². The molecule has 0 aliphatic heterocycles. The van der Waals surface area contributed by atoms with Crippen molar-refractivity contribution in [3.63, 3.8) is 0 Å². The molecule has 0 saturated carbocycles. The molecule has 158 valence electrons. The Morgan fingerprint density at radius 2 is 1.93 bits per heavy atom. The molecule has 1 atom stereocenters. The monoisotopic (exact) mass is 440 g/mol. The number of sulfonamides is 1. The third-order valence-electron chi connectivity index (χ3n) is 4.03. The van der Waals surface area contributed by atoms with E-state index in [1.807, 2.05) is 30.3 Å². The number of carbonyl (C=O) groups excluding carboxylic acids is 1. The molecule has 1 amide bonds. The van der Waals surface area contributed by atoms with E-state index in [0.29, 0.717) is 6.42 Å². The second-order valence-electron chi connectivity index (χ2n) is 6.26. The molecule has 2 aromatic carbocycles. The van der Waals surface area contributed by atoms with E-state index in [9.17, 15) is 13.2 Å². The number of halogens is 1. The van der Waals surface area contributed by atoms with Crippen molar-refractivity contribution in [1.82, 2.24) is 10.0 Å². The van der Waals surface area contributed by atoms with Crippen molar-refractivity contribution in [2.24, 2.45) is 0 Å². The Labute approximate surface area is 176 Å². The van der Waals surface area contributed by atoms with Crippen LogP contribution in [0, 0.1) is 0 Å². The number of hydrogen-bond donors (Lipinski definition) is 3. The molecule has 2 aromatic rings. The van der Waals surface area contributed by atoms with Gasteiger partial charge >= 0.3 is 0 Å². The smallest absolute Gasteiger partial charge is 0.245 e. The van der Waals surface area contributed by atoms with Crippen molar-refractivity contribution in [2.45, 2.75) is 30.7 Å². The minimum absolute atomic E-state index is 0.0738. The summed E-state index contributed by atoms with van der Waals surface area (Å²) in [6.07, 6.45) is 0.537. The Bertz CT molecular complexity index is 906. The standard InChI is InChI=1S/C20H25ClN2O5S/c1-2-28-18-10-9-16(21)14-19(18)29(26,27)23-17(20(25)22-11-6-12-24)13-15-7-4-3-5-8-15/h3-5,7-10,14,17,23-24H,2,6,11-13H2,1H3,(H,22,25). The molecule has 0 bridgehead atoms. The third kappa shape index (κ3) is 7.01. The van der Waals surface area contributed by atoms with Gasteiger partial charge in [0.15, 0.2) is 0 Å². The molecule has 0 fully saturated rings. The van der Waals surface area contributed by atoms with E-state index in [4.69, 9.17) is 21.4 Å². The normalized spacial score (nSPS) is 12.4. The molecule has 9 heteroatoms. The Balaban J connectivity index is 2.31. The number of nitrogens with one attached hydrogen (secondary N) is 2. The van der Waals surface area contributed by atoms with Crippen molar-refractivity contribution in [1.29, 1.82) is 0 Å². The molecule has 7 nitrogen and oxygen atoms in total. The first-order valence-corrected chi connectivity index (χ1v) is 11.1. The molecule has 0 aliphatic carbocycles. The fourth-order valence-corrected chi connectivity index (χ4v) is 4.27. The van der Waals surface area contributed by atoms with Crippen LogP contribution in [-0.2, 0) is 21.2 Å². The number of benzene rings is 2. The van der Waals surface area contributed by atoms with E-state index in [0.717, 1.165) is 5.56 Å². The molecule has 0 aromatic heterocycles. The average molecular weight is 441 g/mol. The maximum absolute atomic E-state index is 13.0. The summed E-state index contributed by atoms with van der Waals surface area (Å²) >= 11 is 5.99. The van der Waals surface area contributed by atoms with Gasteiger partial charge in [-0.05, 0) is 43.5 Å². The number of aliphatic hydroxyl groups excluding tert-OH is 1. The molecule has 29 heavy (non-hydrogen) atoms. The van der Waals surface area contributed by atoms with Gasteiger partial charge in [-0.3, -0.25) is 4.79 Å². The predicted octanol–water partition coefficient (Wildman–Crippen LogP) is 2.13. The van der Waals surface area contributed by atoms with Crippen LogP contribution in [0.4, 0.5) is 0 Å². The third-order valence-corrected chi connectivity index (χ3v) is 5.75. The van der Waals surface area contributed by atoms with Crippen molar-refractivity contribution >= 4 is 27.5 Å². The first-order valence-electron chi connectivity index (χ1n) is 9.24. The largest absolute Gasteiger partial charge is 0.492 e. The number of rotatable bonds is 11. The molecule has 2 rings (SSSR count). The zero-order valence-corrected chi connectivity index (χ0v) is 17.7. The molecule has 1 unspecified atom stereocenters. The molecule has 0 spiro atoms. The van der Waals surface area contributed by atoms with Crippen LogP contribution in [0.1, 0.15) is 18.9 Å². The zero-order chi connectivity index (χ0) is 21.3. The van der Waals surface area contributed by atoms with Crippen LogP contribution >= 0.6 is 11.6 Å². The molecule has 0 saturated heterocycles. The maximum atomic E-state index is 13.0. The number of aliphatic hydroxyl groups is 1. The number of hydrogen-bond acceptors (Lipinski definition) is 5. The quantitative estimate of drug-likeness (QED) is 0.464. The maximum Gasteiger partial charge on any atom is 0.245 e. The lowest BCUT2D eigenvalue weighted by Crippen LogP contribution is -2.48. The highest BCUT2D eigenvalue weighted by atomic mass is 35.5. The predicted molar refractivity (Wildman–Crippen MR) is 112 cm³/mol. The first kappa shape index (κ1) is 23.2. The molecule has 0 radical (unpaired) electrons. The molecular formula is C20H25ClN2O5S.